The molecule has 5 heteroatoms. The summed E-state index contributed by atoms with van der Waals surface area (Å²) in [5.41, 5.74) is 1.68. The molecule has 0 aliphatic heterocycles. The quantitative estimate of drug-likeness (QED) is 0.552. The molecule has 4 aromatic heterocycles. The Bertz CT molecular complexity index is 932. The molecule has 21 heavy (non-hydrogen) atoms. The van der Waals surface area contributed by atoms with Gasteiger partial charge in [-0.1, -0.05) is 0 Å². The first-order valence-corrected chi connectivity index (χ1v) is 7.51. The third-order valence-corrected chi connectivity index (χ3v) is 4.32. The lowest BCUT2D eigenvalue weighted by atomic mass is 10.4. The van der Waals surface area contributed by atoms with Gasteiger partial charge in [0, 0.05) is 17.1 Å². The zero-order valence-corrected chi connectivity index (χ0v) is 12.5. The van der Waals surface area contributed by atoms with Crippen LogP contribution in [0.5, 0.6) is 0 Å². The standard InChI is InChI=1S/C16H13N3OS/c1-10-5-8-14(20-10)19-15-12(4-3-9-17-15)18-16(19)13-7-6-11(2)21-13/h3-9H,1-2H3. The number of aryl methyl sites for hydroxylation is 2. The molecule has 0 amide bonds. The van der Waals surface area contributed by atoms with Gasteiger partial charge in [-0.25, -0.2) is 14.5 Å². The summed E-state index contributed by atoms with van der Waals surface area (Å²) in [7, 11) is 0. The van der Waals surface area contributed by atoms with Gasteiger partial charge in [-0.2, -0.15) is 0 Å². The third-order valence-electron chi connectivity index (χ3n) is 3.32. The van der Waals surface area contributed by atoms with Gasteiger partial charge in [-0.05, 0) is 44.2 Å². The second-order valence-corrected chi connectivity index (χ2v) is 6.20. The Balaban J connectivity index is 2.06. The molecule has 4 rings (SSSR count). The average Bonchev–Trinajstić information content (AvgIpc) is 3.16. The topological polar surface area (TPSA) is 43.9 Å². The highest BCUT2D eigenvalue weighted by Gasteiger charge is 2.18. The van der Waals surface area contributed by atoms with E-state index in [1.54, 1.807) is 17.5 Å². The molecule has 0 aliphatic carbocycles. The predicted octanol–water partition coefficient (Wildman–Crippen LogP) is 4.36. The van der Waals surface area contributed by atoms with Crippen molar-refractivity contribution in [3.63, 3.8) is 0 Å². The first kappa shape index (κ1) is 12.3. The normalized spacial score (nSPS) is 11.3. The smallest absolute Gasteiger partial charge is 0.207 e. The zero-order valence-electron chi connectivity index (χ0n) is 11.7. The van der Waals surface area contributed by atoms with Gasteiger partial charge in [0.15, 0.2) is 11.5 Å². The molecule has 4 heterocycles. The number of pyridine rings is 1. The highest BCUT2D eigenvalue weighted by Crippen LogP contribution is 2.32. The van der Waals surface area contributed by atoms with E-state index in [9.17, 15) is 0 Å². The van der Waals surface area contributed by atoms with Crippen molar-refractivity contribution in [3.8, 4) is 16.6 Å². The van der Waals surface area contributed by atoms with Gasteiger partial charge in [0.25, 0.3) is 0 Å². The van der Waals surface area contributed by atoms with Crippen LogP contribution in [0.15, 0.2) is 47.0 Å². The van der Waals surface area contributed by atoms with Crippen molar-refractivity contribution in [1.82, 2.24) is 14.5 Å². The fourth-order valence-electron chi connectivity index (χ4n) is 2.38. The summed E-state index contributed by atoms with van der Waals surface area (Å²) in [6, 6.07) is 12.0. The largest absolute Gasteiger partial charge is 0.445 e. The summed E-state index contributed by atoms with van der Waals surface area (Å²) in [4.78, 5) is 11.6. The number of thiophene rings is 1. The average molecular weight is 295 g/mol. The molecule has 0 radical (unpaired) electrons. The molecule has 0 fully saturated rings. The lowest BCUT2D eigenvalue weighted by molar-refractivity contribution is 0.514. The highest BCUT2D eigenvalue weighted by molar-refractivity contribution is 7.15. The Morgan fingerprint density at radius 3 is 2.71 bits per heavy atom. The van der Waals surface area contributed by atoms with Crippen molar-refractivity contribution in [2.24, 2.45) is 0 Å². The van der Waals surface area contributed by atoms with Crippen LogP contribution in [0.1, 0.15) is 10.6 Å². The van der Waals surface area contributed by atoms with Crippen LogP contribution in [-0.2, 0) is 0 Å². The molecule has 4 nitrogen and oxygen atoms in total. The van der Waals surface area contributed by atoms with Gasteiger partial charge >= 0.3 is 0 Å². The molecule has 0 aromatic carbocycles. The van der Waals surface area contributed by atoms with E-state index in [-0.39, 0.29) is 0 Å². The number of furan rings is 1. The van der Waals surface area contributed by atoms with E-state index >= 15 is 0 Å². The molecular formula is C16H13N3OS. The summed E-state index contributed by atoms with van der Waals surface area (Å²) in [6.45, 7) is 4.03. The maximum atomic E-state index is 5.79. The number of hydrogen-bond acceptors (Lipinski definition) is 4. The molecule has 0 spiro atoms. The number of imidazole rings is 1. The Labute approximate surface area is 125 Å². The fourth-order valence-corrected chi connectivity index (χ4v) is 3.23. The lowest BCUT2D eigenvalue weighted by Gasteiger charge is -2.03. The van der Waals surface area contributed by atoms with Crippen molar-refractivity contribution in [2.75, 3.05) is 0 Å². The SMILES string of the molecule is Cc1ccc(-n2c(-c3ccc(C)s3)nc3cccnc32)o1. The Hall–Kier alpha value is -2.40. The second kappa shape index (κ2) is 4.56. The summed E-state index contributed by atoms with van der Waals surface area (Å²) >= 11 is 1.72. The summed E-state index contributed by atoms with van der Waals surface area (Å²) in [5, 5.41) is 0. The van der Waals surface area contributed by atoms with Crippen LogP contribution in [0, 0.1) is 13.8 Å². The first-order valence-electron chi connectivity index (χ1n) is 6.69. The van der Waals surface area contributed by atoms with Gasteiger partial charge in [-0.15, -0.1) is 11.3 Å². The minimum Gasteiger partial charge on any atom is -0.445 e. The van der Waals surface area contributed by atoms with Crippen molar-refractivity contribution >= 4 is 22.5 Å². The molecule has 0 saturated heterocycles. The van der Waals surface area contributed by atoms with Crippen LogP contribution in [-0.4, -0.2) is 14.5 Å². The fraction of sp³-hybridized carbons (Fsp3) is 0.125. The number of rotatable bonds is 2. The number of aromatic nitrogens is 3. The van der Waals surface area contributed by atoms with E-state index in [0.29, 0.717) is 0 Å². The molecule has 0 atom stereocenters. The molecule has 0 unspecified atom stereocenters. The predicted molar refractivity (Wildman–Crippen MR) is 83.9 cm³/mol. The van der Waals surface area contributed by atoms with Crippen molar-refractivity contribution in [2.45, 2.75) is 13.8 Å². The van der Waals surface area contributed by atoms with Crippen molar-refractivity contribution in [1.29, 1.82) is 0 Å². The van der Waals surface area contributed by atoms with E-state index in [0.717, 1.165) is 33.5 Å². The highest BCUT2D eigenvalue weighted by atomic mass is 32.1. The number of fused-ring (bicyclic) bond motifs is 1. The van der Waals surface area contributed by atoms with Crippen molar-refractivity contribution < 1.29 is 4.42 Å². The molecule has 0 aliphatic rings. The van der Waals surface area contributed by atoms with Gasteiger partial charge in [0.1, 0.15) is 11.3 Å². The van der Waals surface area contributed by atoms with E-state index < -0.39 is 0 Å². The van der Waals surface area contributed by atoms with E-state index in [1.165, 1.54) is 4.88 Å². The van der Waals surface area contributed by atoms with Gasteiger partial charge in [0.2, 0.25) is 5.88 Å². The van der Waals surface area contributed by atoms with Crippen LogP contribution in [0.3, 0.4) is 0 Å². The Kier molecular flexibility index (Phi) is 2.68. The van der Waals surface area contributed by atoms with Crippen LogP contribution >= 0.6 is 11.3 Å². The molecule has 0 N–H and O–H groups in total. The van der Waals surface area contributed by atoms with Crippen LogP contribution in [0.4, 0.5) is 0 Å². The molecule has 104 valence electrons. The lowest BCUT2D eigenvalue weighted by Crippen LogP contribution is -1.95. The Morgan fingerprint density at radius 1 is 1.10 bits per heavy atom. The minimum atomic E-state index is 0.745. The number of hydrogen-bond donors (Lipinski definition) is 0. The van der Waals surface area contributed by atoms with E-state index in [4.69, 9.17) is 9.40 Å². The maximum Gasteiger partial charge on any atom is 0.207 e. The van der Waals surface area contributed by atoms with Crippen LogP contribution in [0.25, 0.3) is 27.7 Å². The van der Waals surface area contributed by atoms with E-state index in [2.05, 4.69) is 24.0 Å². The molecule has 4 aromatic rings. The summed E-state index contributed by atoms with van der Waals surface area (Å²) in [6.07, 6.45) is 1.78. The van der Waals surface area contributed by atoms with Gasteiger partial charge in [-0.3, -0.25) is 0 Å². The number of nitrogens with zero attached hydrogens (tertiary/aromatic N) is 3. The molecule has 0 bridgehead atoms. The zero-order chi connectivity index (χ0) is 14.4. The van der Waals surface area contributed by atoms with Gasteiger partial charge in [0.05, 0.1) is 4.88 Å². The molecule has 0 saturated carbocycles. The Morgan fingerprint density at radius 2 is 2.00 bits per heavy atom. The first-order chi connectivity index (χ1) is 10.2. The van der Waals surface area contributed by atoms with Crippen molar-refractivity contribution in [3.05, 3.63) is 53.2 Å². The van der Waals surface area contributed by atoms with Crippen LogP contribution < -0.4 is 0 Å². The van der Waals surface area contributed by atoms with Crippen LogP contribution in [0.2, 0.25) is 0 Å². The second-order valence-electron chi connectivity index (χ2n) is 4.91. The molecular weight excluding hydrogens is 282 g/mol. The monoisotopic (exact) mass is 295 g/mol. The summed E-state index contributed by atoms with van der Waals surface area (Å²) < 4.78 is 7.77. The maximum absolute atomic E-state index is 5.79. The minimum absolute atomic E-state index is 0.745. The summed E-state index contributed by atoms with van der Waals surface area (Å²) in [5.74, 6) is 2.49. The third kappa shape index (κ3) is 1.97. The van der Waals surface area contributed by atoms with Gasteiger partial charge < -0.3 is 4.42 Å². The van der Waals surface area contributed by atoms with E-state index in [1.807, 2.05) is 35.8 Å².